The van der Waals surface area contributed by atoms with E-state index in [0.29, 0.717) is 24.5 Å². The monoisotopic (exact) mass is 415 g/mol. The van der Waals surface area contributed by atoms with Gasteiger partial charge in [0.15, 0.2) is 0 Å². The van der Waals surface area contributed by atoms with Gasteiger partial charge in [0.2, 0.25) is 5.91 Å². The Labute approximate surface area is 177 Å². The van der Waals surface area contributed by atoms with Gasteiger partial charge >= 0.3 is 0 Å². The molecule has 1 amide bonds. The van der Waals surface area contributed by atoms with Gasteiger partial charge in [0, 0.05) is 44.4 Å². The number of aliphatic hydroxyl groups excluding tert-OH is 1. The van der Waals surface area contributed by atoms with E-state index < -0.39 is 6.10 Å². The van der Waals surface area contributed by atoms with Gasteiger partial charge in [-0.3, -0.25) is 14.6 Å². The summed E-state index contributed by atoms with van der Waals surface area (Å²) in [6, 6.07) is 14.0. The van der Waals surface area contributed by atoms with Crippen LogP contribution in [-0.4, -0.2) is 66.2 Å². The maximum atomic E-state index is 13.9. The standard InChI is InChI=1S/C23H30FN3O3/c1-18(28)25-20-7-9-22(10-8-20)30-17-21(29)16-27-12-4-11-26(13-14-27)15-19-5-2-3-6-23(19)24/h2-3,5-10,21,29H,4,11-17H2,1H3,(H,25,28). The van der Waals surface area contributed by atoms with E-state index in [-0.39, 0.29) is 18.3 Å². The van der Waals surface area contributed by atoms with Crippen LogP contribution in [0.1, 0.15) is 18.9 Å². The third-order valence-corrected chi connectivity index (χ3v) is 5.12. The first-order chi connectivity index (χ1) is 14.5. The van der Waals surface area contributed by atoms with Gasteiger partial charge in [-0.15, -0.1) is 0 Å². The third-order valence-electron chi connectivity index (χ3n) is 5.12. The van der Waals surface area contributed by atoms with Crippen molar-refractivity contribution < 1.29 is 19.0 Å². The fraction of sp³-hybridized carbons (Fsp3) is 0.435. The summed E-state index contributed by atoms with van der Waals surface area (Å²) in [5.41, 5.74) is 1.43. The molecule has 7 heteroatoms. The van der Waals surface area contributed by atoms with Crippen LogP contribution in [0.25, 0.3) is 0 Å². The first-order valence-electron chi connectivity index (χ1n) is 10.4. The second-order valence-electron chi connectivity index (χ2n) is 7.69. The van der Waals surface area contributed by atoms with E-state index in [1.165, 1.54) is 13.0 Å². The van der Waals surface area contributed by atoms with Crippen LogP contribution < -0.4 is 10.1 Å². The van der Waals surface area contributed by atoms with E-state index >= 15 is 0 Å². The Morgan fingerprint density at radius 2 is 1.80 bits per heavy atom. The van der Waals surface area contributed by atoms with Gasteiger partial charge in [-0.2, -0.15) is 0 Å². The molecule has 1 aliphatic heterocycles. The molecule has 0 saturated carbocycles. The number of ether oxygens (including phenoxy) is 1. The fourth-order valence-electron chi connectivity index (χ4n) is 3.61. The predicted molar refractivity (Wildman–Crippen MR) is 115 cm³/mol. The SMILES string of the molecule is CC(=O)Nc1ccc(OCC(O)CN2CCCN(Cc3ccccc3F)CC2)cc1. The van der Waals surface area contributed by atoms with E-state index in [0.717, 1.165) is 38.2 Å². The van der Waals surface area contributed by atoms with E-state index in [1.807, 2.05) is 12.1 Å². The Kier molecular flexibility index (Phi) is 8.19. The van der Waals surface area contributed by atoms with Crippen molar-refractivity contribution in [1.82, 2.24) is 9.80 Å². The third kappa shape index (κ3) is 7.09. The lowest BCUT2D eigenvalue weighted by Gasteiger charge is -2.24. The number of nitrogens with zero attached hydrogens (tertiary/aromatic N) is 2. The Bertz CT molecular complexity index is 816. The van der Waals surface area contributed by atoms with Crippen molar-refractivity contribution in [2.24, 2.45) is 0 Å². The molecule has 2 N–H and O–H groups in total. The van der Waals surface area contributed by atoms with Crippen molar-refractivity contribution in [2.45, 2.75) is 26.0 Å². The molecular formula is C23H30FN3O3. The number of nitrogens with one attached hydrogen (secondary N) is 1. The van der Waals surface area contributed by atoms with Crippen LogP contribution in [0.3, 0.4) is 0 Å². The van der Waals surface area contributed by atoms with Crippen molar-refractivity contribution in [3.8, 4) is 5.75 Å². The van der Waals surface area contributed by atoms with E-state index in [1.54, 1.807) is 30.3 Å². The second-order valence-corrected chi connectivity index (χ2v) is 7.69. The molecular weight excluding hydrogens is 385 g/mol. The summed E-state index contributed by atoms with van der Waals surface area (Å²) in [6.45, 7) is 6.30. The summed E-state index contributed by atoms with van der Waals surface area (Å²) in [7, 11) is 0. The van der Waals surface area contributed by atoms with E-state index in [2.05, 4.69) is 15.1 Å². The molecule has 0 radical (unpaired) electrons. The molecule has 0 bridgehead atoms. The average molecular weight is 416 g/mol. The van der Waals surface area contributed by atoms with Crippen molar-refractivity contribution in [3.63, 3.8) is 0 Å². The Morgan fingerprint density at radius 1 is 1.10 bits per heavy atom. The zero-order chi connectivity index (χ0) is 21.3. The summed E-state index contributed by atoms with van der Waals surface area (Å²) < 4.78 is 19.6. The minimum atomic E-state index is -0.599. The molecule has 1 fully saturated rings. The lowest BCUT2D eigenvalue weighted by Crippen LogP contribution is -2.38. The summed E-state index contributed by atoms with van der Waals surface area (Å²) in [4.78, 5) is 15.5. The number of amides is 1. The topological polar surface area (TPSA) is 65.0 Å². The molecule has 162 valence electrons. The number of hydrogen-bond donors (Lipinski definition) is 2. The highest BCUT2D eigenvalue weighted by atomic mass is 19.1. The minimum Gasteiger partial charge on any atom is -0.491 e. The first kappa shape index (κ1) is 22.2. The molecule has 1 unspecified atom stereocenters. The molecule has 30 heavy (non-hydrogen) atoms. The Balaban J connectivity index is 1.40. The van der Waals surface area contributed by atoms with Crippen LogP contribution in [0.2, 0.25) is 0 Å². The number of carbonyl (C=O) groups is 1. The van der Waals surface area contributed by atoms with Gasteiger partial charge in [-0.1, -0.05) is 18.2 Å². The summed E-state index contributed by atoms with van der Waals surface area (Å²) in [5, 5.41) is 13.1. The molecule has 1 aliphatic rings. The van der Waals surface area contributed by atoms with Crippen LogP contribution in [0.15, 0.2) is 48.5 Å². The van der Waals surface area contributed by atoms with E-state index in [4.69, 9.17) is 4.74 Å². The number of benzene rings is 2. The van der Waals surface area contributed by atoms with Gasteiger partial charge in [0.05, 0.1) is 0 Å². The highest BCUT2D eigenvalue weighted by Gasteiger charge is 2.18. The van der Waals surface area contributed by atoms with Crippen molar-refractivity contribution in [3.05, 3.63) is 59.9 Å². The number of carbonyl (C=O) groups excluding carboxylic acids is 1. The number of anilines is 1. The molecule has 0 spiro atoms. The van der Waals surface area contributed by atoms with Crippen LogP contribution in [0, 0.1) is 5.82 Å². The normalized spacial score (nSPS) is 16.6. The van der Waals surface area contributed by atoms with Crippen molar-refractivity contribution in [1.29, 1.82) is 0 Å². The predicted octanol–water partition coefficient (Wildman–Crippen LogP) is 2.73. The fourth-order valence-corrected chi connectivity index (χ4v) is 3.61. The van der Waals surface area contributed by atoms with Crippen LogP contribution in [-0.2, 0) is 11.3 Å². The van der Waals surface area contributed by atoms with Gasteiger partial charge in [-0.25, -0.2) is 4.39 Å². The Morgan fingerprint density at radius 3 is 2.53 bits per heavy atom. The number of hydrogen-bond acceptors (Lipinski definition) is 5. The molecule has 1 saturated heterocycles. The maximum absolute atomic E-state index is 13.9. The summed E-state index contributed by atoms with van der Waals surface area (Å²) in [5.74, 6) is 0.371. The molecule has 6 nitrogen and oxygen atoms in total. The summed E-state index contributed by atoms with van der Waals surface area (Å²) in [6.07, 6.45) is 0.380. The minimum absolute atomic E-state index is 0.121. The molecule has 1 heterocycles. The number of halogens is 1. The molecule has 3 rings (SSSR count). The van der Waals surface area contributed by atoms with Crippen LogP contribution in [0.5, 0.6) is 5.75 Å². The first-order valence-corrected chi connectivity index (χ1v) is 10.4. The lowest BCUT2D eigenvalue weighted by molar-refractivity contribution is -0.114. The van der Waals surface area contributed by atoms with Crippen molar-refractivity contribution >= 4 is 11.6 Å². The molecule has 2 aromatic carbocycles. The van der Waals surface area contributed by atoms with Crippen molar-refractivity contribution in [2.75, 3.05) is 44.6 Å². The number of aliphatic hydroxyl groups is 1. The molecule has 1 atom stereocenters. The largest absolute Gasteiger partial charge is 0.491 e. The van der Waals surface area contributed by atoms with Gasteiger partial charge in [0.25, 0.3) is 0 Å². The Hall–Kier alpha value is -2.48. The van der Waals surface area contributed by atoms with Crippen LogP contribution >= 0.6 is 0 Å². The molecule has 0 aliphatic carbocycles. The van der Waals surface area contributed by atoms with Crippen LogP contribution in [0.4, 0.5) is 10.1 Å². The molecule has 2 aromatic rings. The summed E-state index contributed by atoms with van der Waals surface area (Å²) >= 11 is 0. The van der Waals surface area contributed by atoms with Gasteiger partial charge in [0.1, 0.15) is 24.3 Å². The zero-order valence-electron chi connectivity index (χ0n) is 17.4. The highest BCUT2D eigenvalue weighted by molar-refractivity contribution is 5.88. The average Bonchev–Trinajstić information content (AvgIpc) is 2.94. The second kappa shape index (κ2) is 11.1. The van der Waals surface area contributed by atoms with E-state index in [9.17, 15) is 14.3 Å². The quantitative estimate of drug-likeness (QED) is 0.694. The number of rotatable bonds is 8. The zero-order valence-corrected chi connectivity index (χ0v) is 17.4. The molecule has 0 aromatic heterocycles. The van der Waals surface area contributed by atoms with Gasteiger partial charge in [-0.05, 0) is 49.8 Å². The maximum Gasteiger partial charge on any atom is 0.221 e. The van der Waals surface area contributed by atoms with Gasteiger partial charge < -0.3 is 15.2 Å². The number of β-amino-alcohol motifs (C(OH)–C–C–N with tert-alkyl or cyclic N) is 1. The smallest absolute Gasteiger partial charge is 0.221 e. The highest BCUT2D eigenvalue weighted by Crippen LogP contribution is 2.16. The lowest BCUT2D eigenvalue weighted by atomic mass is 10.2.